The highest BCUT2D eigenvalue weighted by Crippen LogP contribution is 2.09. The number of likely N-dealkylation sites (N-methyl/N-ethyl adjacent to an activating group) is 1. The van der Waals surface area contributed by atoms with E-state index in [9.17, 15) is 4.79 Å². The minimum Gasteiger partial charge on any atom is -0.399 e. The summed E-state index contributed by atoms with van der Waals surface area (Å²) in [6.45, 7) is 3.44. The van der Waals surface area contributed by atoms with Crippen LogP contribution in [0.1, 0.15) is 18.1 Å². The summed E-state index contributed by atoms with van der Waals surface area (Å²) in [5, 5.41) is 0. The largest absolute Gasteiger partial charge is 0.399 e. The topological polar surface area (TPSA) is 59.2 Å². The second-order valence-corrected chi connectivity index (χ2v) is 5.00. The Kier molecular flexibility index (Phi) is 5.32. The molecule has 0 atom stereocenters. The molecule has 0 aliphatic rings. The van der Waals surface area contributed by atoms with Crippen molar-refractivity contribution >= 4 is 11.6 Å². The van der Waals surface area contributed by atoms with E-state index in [0.717, 1.165) is 18.5 Å². The average molecular weight is 283 g/mol. The van der Waals surface area contributed by atoms with Crippen molar-refractivity contribution < 1.29 is 4.79 Å². The number of amides is 1. The van der Waals surface area contributed by atoms with Gasteiger partial charge in [0.1, 0.15) is 0 Å². The molecule has 2 N–H and O–H groups in total. The molecule has 2 rings (SSSR count). The predicted molar refractivity (Wildman–Crippen MR) is 84.8 cm³/mol. The van der Waals surface area contributed by atoms with Gasteiger partial charge in [0.2, 0.25) is 5.91 Å². The third-order valence-corrected chi connectivity index (χ3v) is 3.46. The lowest BCUT2D eigenvalue weighted by molar-refractivity contribution is -0.130. The summed E-state index contributed by atoms with van der Waals surface area (Å²) in [4.78, 5) is 18.2. The van der Waals surface area contributed by atoms with E-state index in [2.05, 4.69) is 4.98 Å². The van der Waals surface area contributed by atoms with Crippen LogP contribution in [0.3, 0.4) is 0 Å². The number of nitrogen functional groups attached to an aromatic ring is 1. The first-order valence-electron chi connectivity index (χ1n) is 7.20. The molecule has 1 aromatic carbocycles. The van der Waals surface area contributed by atoms with Gasteiger partial charge in [-0.3, -0.25) is 9.78 Å². The number of carbonyl (C=O) groups excluding carboxylic acids is 1. The van der Waals surface area contributed by atoms with Crippen LogP contribution >= 0.6 is 0 Å². The van der Waals surface area contributed by atoms with E-state index in [1.807, 2.05) is 48.2 Å². The fourth-order valence-corrected chi connectivity index (χ4v) is 2.26. The van der Waals surface area contributed by atoms with Crippen LogP contribution in [-0.2, 0) is 17.6 Å². The Bertz CT molecular complexity index is 584. The lowest BCUT2D eigenvalue weighted by Gasteiger charge is -2.21. The number of hydrogen-bond acceptors (Lipinski definition) is 3. The van der Waals surface area contributed by atoms with Crippen LogP contribution in [0.2, 0.25) is 0 Å². The molecule has 1 amide bonds. The second kappa shape index (κ2) is 7.43. The van der Waals surface area contributed by atoms with E-state index in [1.54, 1.807) is 12.4 Å². The van der Waals surface area contributed by atoms with Gasteiger partial charge in [0.25, 0.3) is 0 Å². The highest BCUT2D eigenvalue weighted by atomic mass is 16.2. The number of nitrogens with zero attached hydrogens (tertiary/aromatic N) is 2. The van der Waals surface area contributed by atoms with Crippen molar-refractivity contribution in [3.05, 3.63) is 59.9 Å². The molecule has 21 heavy (non-hydrogen) atoms. The minimum atomic E-state index is 0.136. The van der Waals surface area contributed by atoms with Gasteiger partial charge in [-0.1, -0.05) is 12.1 Å². The van der Waals surface area contributed by atoms with Gasteiger partial charge in [0, 0.05) is 31.2 Å². The Morgan fingerprint density at radius 3 is 2.62 bits per heavy atom. The fourth-order valence-electron chi connectivity index (χ4n) is 2.26. The van der Waals surface area contributed by atoms with Crippen LogP contribution in [0, 0.1) is 0 Å². The molecule has 0 aliphatic carbocycles. The van der Waals surface area contributed by atoms with Gasteiger partial charge in [-0.25, -0.2) is 0 Å². The molecule has 0 unspecified atom stereocenters. The summed E-state index contributed by atoms with van der Waals surface area (Å²) < 4.78 is 0. The standard InChI is InChI=1S/C17H21N3O/c1-2-20(11-8-14-6-9-19-10-7-14)17(21)13-15-4-3-5-16(18)12-15/h3-7,9-10,12H,2,8,11,13,18H2,1H3. The highest BCUT2D eigenvalue weighted by Gasteiger charge is 2.12. The van der Waals surface area contributed by atoms with Crippen molar-refractivity contribution in [1.82, 2.24) is 9.88 Å². The molecule has 0 spiro atoms. The van der Waals surface area contributed by atoms with Crippen LogP contribution in [0.4, 0.5) is 5.69 Å². The number of nitrogens with two attached hydrogens (primary N) is 1. The maximum Gasteiger partial charge on any atom is 0.226 e. The number of aromatic nitrogens is 1. The van der Waals surface area contributed by atoms with Gasteiger partial charge in [0.15, 0.2) is 0 Å². The molecule has 2 aromatic rings. The van der Waals surface area contributed by atoms with Gasteiger partial charge in [0.05, 0.1) is 6.42 Å². The first kappa shape index (κ1) is 15.0. The fraction of sp³-hybridized carbons (Fsp3) is 0.294. The minimum absolute atomic E-state index is 0.136. The zero-order chi connectivity index (χ0) is 15.1. The van der Waals surface area contributed by atoms with Crippen molar-refractivity contribution in [2.75, 3.05) is 18.8 Å². The van der Waals surface area contributed by atoms with Gasteiger partial charge >= 0.3 is 0 Å². The highest BCUT2D eigenvalue weighted by molar-refractivity contribution is 5.79. The van der Waals surface area contributed by atoms with Crippen molar-refractivity contribution in [3.63, 3.8) is 0 Å². The molecule has 0 fully saturated rings. The maximum atomic E-state index is 12.3. The quantitative estimate of drug-likeness (QED) is 0.828. The maximum absolute atomic E-state index is 12.3. The summed E-state index contributed by atoms with van der Waals surface area (Å²) in [6.07, 6.45) is 4.80. The predicted octanol–water partition coefficient (Wildman–Crippen LogP) is 2.30. The van der Waals surface area contributed by atoms with Crippen molar-refractivity contribution in [2.24, 2.45) is 0 Å². The van der Waals surface area contributed by atoms with Crippen LogP contribution in [0.15, 0.2) is 48.8 Å². The second-order valence-electron chi connectivity index (χ2n) is 5.00. The Labute approximate surface area is 125 Å². The average Bonchev–Trinajstić information content (AvgIpc) is 2.49. The zero-order valence-corrected chi connectivity index (χ0v) is 12.3. The van der Waals surface area contributed by atoms with Gasteiger partial charge in [-0.15, -0.1) is 0 Å². The van der Waals surface area contributed by atoms with Crippen molar-refractivity contribution in [1.29, 1.82) is 0 Å². The molecule has 0 bridgehead atoms. The monoisotopic (exact) mass is 283 g/mol. The van der Waals surface area contributed by atoms with Crippen LogP contribution in [0.25, 0.3) is 0 Å². The third-order valence-electron chi connectivity index (χ3n) is 3.46. The summed E-state index contributed by atoms with van der Waals surface area (Å²) in [5.74, 6) is 0.136. The number of benzene rings is 1. The summed E-state index contributed by atoms with van der Waals surface area (Å²) >= 11 is 0. The first-order chi connectivity index (χ1) is 10.2. The van der Waals surface area contributed by atoms with E-state index in [0.29, 0.717) is 18.7 Å². The normalized spacial score (nSPS) is 10.3. The number of hydrogen-bond donors (Lipinski definition) is 1. The molecule has 0 aliphatic heterocycles. The number of pyridine rings is 1. The Morgan fingerprint density at radius 1 is 1.19 bits per heavy atom. The molecule has 0 saturated carbocycles. The van der Waals surface area contributed by atoms with E-state index < -0.39 is 0 Å². The first-order valence-corrected chi connectivity index (χ1v) is 7.20. The van der Waals surface area contributed by atoms with Crippen molar-refractivity contribution in [3.8, 4) is 0 Å². The van der Waals surface area contributed by atoms with E-state index in [1.165, 1.54) is 5.56 Å². The van der Waals surface area contributed by atoms with E-state index in [4.69, 9.17) is 5.73 Å². The lowest BCUT2D eigenvalue weighted by Crippen LogP contribution is -2.33. The Hall–Kier alpha value is -2.36. The third kappa shape index (κ3) is 4.60. The van der Waals surface area contributed by atoms with Crippen LogP contribution in [-0.4, -0.2) is 28.9 Å². The SMILES string of the molecule is CCN(CCc1ccncc1)C(=O)Cc1cccc(N)c1. The number of rotatable bonds is 6. The van der Waals surface area contributed by atoms with Gasteiger partial charge in [-0.2, -0.15) is 0 Å². The Morgan fingerprint density at radius 2 is 1.95 bits per heavy atom. The van der Waals surface area contributed by atoms with Crippen LogP contribution in [0.5, 0.6) is 0 Å². The smallest absolute Gasteiger partial charge is 0.226 e. The molecule has 0 saturated heterocycles. The molecular weight excluding hydrogens is 262 g/mol. The molecule has 4 nitrogen and oxygen atoms in total. The summed E-state index contributed by atoms with van der Waals surface area (Å²) in [5.41, 5.74) is 8.60. The number of anilines is 1. The summed E-state index contributed by atoms with van der Waals surface area (Å²) in [6, 6.07) is 11.5. The van der Waals surface area contributed by atoms with Crippen molar-refractivity contribution in [2.45, 2.75) is 19.8 Å². The number of carbonyl (C=O) groups is 1. The molecule has 4 heteroatoms. The van der Waals surface area contributed by atoms with Crippen LogP contribution < -0.4 is 5.73 Å². The Balaban J connectivity index is 1.92. The molecule has 0 radical (unpaired) electrons. The van der Waals surface area contributed by atoms with E-state index >= 15 is 0 Å². The van der Waals surface area contributed by atoms with Gasteiger partial charge < -0.3 is 10.6 Å². The molecule has 110 valence electrons. The van der Waals surface area contributed by atoms with Gasteiger partial charge in [-0.05, 0) is 48.7 Å². The zero-order valence-electron chi connectivity index (χ0n) is 12.3. The lowest BCUT2D eigenvalue weighted by atomic mass is 10.1. The molecular formula is C17H21N3O. The summed E-state index contributed by atoms with van der Waals surface area (Å²) in [7, 11) is 0. The van der Waals surface area contributed by atoms with E-state index in [-0.39, 0.29) is 5.91 Å². The molecule has 1 heterocycles. The molecule has 1 aromatic heterocycles.